The topological polar surface area (TPSA) is 237 Å². The molecule has 0 aliphatic rings. The van der Waals surface area contributed by atoms with Gasteiger partial charge in [0.15, 0.2) is 12.2 Å². The van der Waals surface area contributed by atoms with Crippen molar-refractivity contribution in [2.45, 2.75) is 367 Å². The Morgan fingerprint density at radius 1 is 0.284 bits per heavy atom. The molecule has 3 N–H and O–H groups in total. The van der Waals surface area contributed by atoms with Crippen LogP contribution in [-0.4, -0.2) is 96.7 Å². The number of hydrogen-bond donors (Lipinski definition) is 3. The molecule has 0 radical (unpaired) electrons. The second-order valence-corrected chi connectivity index (χ2v) is 29.9. The monoisotopic (exact) mass is 1480 g/mol. The number of aliphatic hydroxyl groups excluding tert-OH is 1. The highest BCUT2D eigenvalue weighted by Crippen LogP contribution is 2.45. The number of allylic oxidation sites excluding steroid dienone is 16. The average Bonchev–Trinajstić information content (AvgIpc) is 0.924. The highest BCUT2D eigenvalue weighted by molar-refractivity contribution is 7.47. The summed E-state index contributed by atoms with van der Waals surface area (Å²) in [5, 5.41) is 10.6. The van der Waals surface area contributed by atoms with Gasteiger partial charge in [-0.05, 0) is 148 Å². The first kappa shape index (κ1) is 98.0. The molecule has 0 aliphatic heterocycles. The SMILES string of the molecule is CC/C=C\C/C=C\C/C=C\C/C=C\CCCCCCCCC(=O)OCC(COP(=O)(O)OCC(O)COP(=O)(O)OCC(COC(=O)CCCCCCC/C=C\CCCCCCCC)OC(=O)CCCCCCC/C=C\CCCCCC)OC(=O)CCCCCCC/C=C\C/C=C\CCCCC. The number of carbonyl (C=O) groups is 4. The van der Waals surface area contributed by atoms with E-state index in [1.54, 1.807) is 0 Å². The van der Waals surface area contributed by atoms with E-state index in [4.69, 9.17) is 37.0 Å². The Hall–Kier alpha value is -4.02. The van der Waals surface area contributed by atoms with Crippen LogP contribution in [0.25, 0.3) is 0 Å². The maximum absolute atomic E-state index is 13.1. The van der Waals surface area contributed by atoms with Crippen LogP contribution in [-0.2, 0) is 65.4 Å². The minimum Gasteiger partial charge on any atom is -0.462 e. The molecule has 0 aromatic rings. The zero-order chi connectivity index (χ0) is 74.6. The van der Waals surface area contributed by atoms with Gasteiger partial charge < -0.3 is 33.8 Å². The number of rotatable bonds is 76. The molecule has 0 saturated heterocycles. The molecule has 0 aromatic heterocycles. The van der Waals surface area contributed by atoms with E-state index in [-0.39, 0.29) is 25.7 Å². The maximum atomic E-state index is 13.1. The van der Waals surface area contributed by atoms with E-state index < -0.39 is 97.5 Å². The van der Waals surface area contributed by atoms with Crippen molar-refractivity contribution in [3.8, 4) is 0 Å². The van der Waals surface area contributed by atoms with Crippen LogP contribution >= 0.6 is 15.6 Å². The molecule has 0 heterocycles. The number of aliphatic hydroxyl groups is 1. The third-order valence-corrected chi connectivity index (χ3v) is 18.9. The van der Waals surface area contributed by atoms with Crippen molar-refractivity contribution in [3.63, 3.8) is 0 Å². The lowest BCUT2D eigenvalue weighted by molar-refractivity contribution is -0.161. The molecule has 0 aliphatic carbocycles. The quantitative estimate of drug-likeness (QED) is 0.0169. The van der Waals surface area contributed by atoms with E-state index in [0.717, 1.165) is 186 Å². The standard InChI is InChI=1S/C83H146O17P2/c1-5-9-13-17-21-25-29-33-36-37-38-39-42-45-48-52-56-60-64-68-81(86)94-74-79(100-83(88)70-66-62-58-54-50-46-41-35-31-27-23-19-15-11-7-3)76-98-102(91,92)96-72-77(84)71-95-101(89,90)97-75-78(99-82(87)69-65-61-57-53-49-43-32-28-24-20-16-12-8-4)73-93-80(85)67-63-59-55-51-47-44-40-34-30-26-22-18-14-10-6-2/h9,13,21,23,25,27-28,32-36,38-41,77-79,84H,5-8,10-12,14-20,22,24,26,29-31,37,42-76H2,1-4H3,(H,89,90)(H,91,92)/b13-9-,25-21-,27-23-,32-28-,36-33-,39-38-,40-34-,41-35-. The predicted octanol–water partition coefficient (Wildman–Crippen LogP) is 23.6. The van der Waals surface area contributed by atoms with Crippen LogP contribution in [0.5, 0.6) is 0 Å². The van der Waals surface area contributed by atoms with Crippen molar-refractivity contribution < 1.29 is 80.2 Å². The van der Waals surface area contributed by atoms with Gasteiger partial charge in [0.1, 0.15) is 19.3 Å². The highest BCUT2D eigenvalue weighted by atomic mass is 31.2. The lowest BCUT2D eigenvalue weighted by Crippen LogP contribution is -2.30. The molecule has 0 bridgehead atoms. The van der Waals surface area contributed by atoms with E-state index in [9.17, 15) is 43.2 Å². The van der Waals surface area contributed by atoms with Crippen LogP contribution in [0.2, 0.25) is 0 Å². The molecule has 0 aromatic carbocycles. The normalized spacial score (nSPS) is 14.4. The molecule has 0 fully saturated rings. The van der Waals surface area contributed by atoms with Gasteiger partial charge in [0, 0.05) is 25.7 Å². The lowest BCUT2D eigenvalue weighted by atomic mass is 10.1. The minimum absolute atomic E-state index is 0.0753. The predicted molar refractivity (Wildman–Crippen MR) is 418 cm³/mol. The third-order valence-electron chi connectivity index (χ3n) is 17.0. The smallest absolute Gasteiger partial charge is 0.462 e. The first-order valence-corrected chi connectivity index (χ1v) is 43.5. The zero-order valence-electron chi connectivity index (χ0n) is 64.5. The molecule has 0 saturated carbocycles. The molecule has 0 rings (SSSR count). The van der Waals surface area contributed by atoms with Gasteiger partial charge in [0.05, 0.1) is 26.4 Å². The molecule has 102 heavy (non-hydrogen) atoms. The van der Waals surface area contributed by atoms with E-state index in [1.165, 1.54) is 83.5 Å². The molecule has 0 spiro atoms. The summed E-state index contributed by atoms with van der Waals surface area (Å²) in [6.07, 6.45) is 79.5. The number of phosphoric acid groups is 2. The van der Waals surface area contributed by atoms with Crippen LogP contribution in [0.4, 0.5) is 0 Å². The summed E-state index contributed by atoms with van der Waals surface area (Å²) >= 11 is 0. The van der Waals surface area contributed by atoms with Crippen LogP contribution in [0.15, 0.2) is 97.2 Å². The van der Waals surface area contributed by atoms with Crippen molar-refractivity contribution in [1.82, 2.24) is 0 Å². The summed E-state index contributed by atoms with van der Waals surface area (Å²) in [6, 6.07) is 0. The van der Waals surface area contributed by atoms with Crippen molar-refractivity contribution in [1.29, 1.82) is 0 Å². The number of carbonyl (C=O) groups excluding carboxylic acids is 4. The number of unbranched alkanes of at least 4 members (excludes halogenated alkanes) is 34. The van der Waals surface area contributed by atoms with Gasteiger partial charge in [0.25, 0.3) is 0 Å². The van der Waals surface area contributed by atoms with E-state index in [2.05, 4.69) is 125 Å². The van der Waals surface area contributed by atoms with Crippen molar-refractivity contribution in [2.24, 2.45) is 0 Å². The van der Waals surface area contributed by atoms with Gasteiger partial charge in [-0.25, -0.2) is 9.13 Å². The summed E-state index contributed by atoms with van der Waals surface area (Å²) < 4.78 is 68.6. The Balaban J connectivity index is 5.36. The van der Waals surface area contributed by atoms with Crippen molar-refractivity contribution in [3.05, 3.63) is 97.2 Å². The Bertz CT molecular complexity index is 2310. The van der Waals surface area contributed by atoms with Crippen molar-refractivity contribution in [2.75, 3.05) is 39.6 Å². The molecular formula is C83H146O17P2. The summed E-state index contributed by atoms with van der Waals surface area (Å²) in [7, 11) is -9.96. The summed E-state index contributed by atoms with van der Waals surface area (Å²) in [6.45, 7) is 4.71. The molecule has 5 atom stereocenters. The van der Waals surface area contributed by atoms with Crippen LogP contribution in [0, 0.1) is 0 Å². The minimum atomic E-state index is -4.98. The van der Waals surface area contributed by atoms with Crippen LogP contribution in [0.1, 0.15) is 349 Å². The molecular weight excluding hydrogens is 1330 g/mol. The summed E-state index contributed by atoms with van der Waals surface area (Å²) in [5.74, 6) is -2.21. The molecule has 19 heteroatoms. The number of hydrogen-bond acceptors (Lipinski definition) is 15. The van der Waals surface area contributed by atoms with Gasteiger partial charge in [-0.15, -0.1) is 0 Å². The molecule has 0 amide bonds. The summed E-state index contributed by atoms with van der Waals surface area (Å²) in [4.78, 5) is 73.0. The number of esters is 4. The maximum Gasteiger partial charge on any atom is 0.472 e. The number of phosphoric ester groups is 2. The van der Waals surface area contributed by atoms with Gasteiger partial charge in [-0.2, -0.15) is 0 Å². The Kier molecular flexibility index (Phi) is 72.3. The average molecular weight is 1480 g/mol. The Morgan fingerprint density at radius 2 is 0.510 bits per heavy atom. The van der Waals surface area contributed by atoms with E-state index >= 15 is 0 Å². The lowest BCUT2D eigenvalue weighted by Gasteiger charge is -2.21. The third kappa shape index (κ3) is 74.3. The Labute approximate surface area is 620 Å². The first-order valence-electron chi connectivity index (χ1n) is 40.5. The fourth-order valence-corrected chi connectivity index (χ4v) is 12.4. The Morgan fingerprint density at radius 3 is 0.824 bits per heavy atom. The van der Waals surface area contributed by atoms with Gasteiger partial charge in [-0.3, -0.25) is 37.3 Å². The first-order chi connectivity index (χ1) is 49.7. The fraction of sp³-hybridized carbons (Fsp3) is 0.759. The second-order valence-electron chi connectivity index (χ2n) is 27.0. The molecule has 5 unspecified atom stereocenters. The second kappa shape index (κ2) is 75.2. The number of ether oxygens (including phenoxy) is 4. The zero-order valence-corrected chi connectivity index (χ0v) is 66.3. The van der Waals surface area contributed by atoms with Crippen LogP contribution in [0.3, 0.4) is 0 Å². The van der Waals surface area contributed by atoms with E-state index in [1.807, 2.05) is 0 Å². The van der Waals surface area contributed by atoms with Gasteiger partial charge in [0.2, 0.25) is 0 Å². The van der Waals surface area contributed by atoms with Gasteiger partial charge in [-0.1, -0.05) is 273 Å². The van der Waals surface area contributed by atoms with Crippen molar-refractivity contribution >= 4 is 39.5 Å². The fourth-order valence-electron chi connectivity index (χ4n) is 10.8. The largest absolute Gasteiger partial charge is 0.472 e. The van der Waals surface area contributed by atoms with E-state index in [0.29, 0.717) is 25.7 Å². The van der Waals surface area contributed by atoms with Gasteiger partial charge >= 0.3 is 39.5 Å². The molecule has 590 valence electrons. The molecule has 17 nitrogen and oxygen atoms in total. The highest BCUT2D eigenvalue weighted by Gasteiger charge is 2.30. The van der Waals surface area contributed by atoms with Crippen LogP contribution < -0.4 is 0 Å². The summed E-state index contributed by atoms with van der Waals surface area (Å²) in [5.41, 5.74) is 0.